The van der Waals surface area contributed by atoms with Gasteiger partial charge in [-0.1, -0.05) is 48.9 Å². The van der Waals surface area contributed by atoms with E-state index >= 15 is 0 Å². The van der Waals surface area contributed by atoms with Crippen molar-refractivity contribution in [1.82, 2.24) is 10.2 Å². The van der Waals surface area contributed by atoms with Gasteiger partial charge in [-0.15, -0.1) is 13.2 Å². The van der Waals surface area contributed by atoms with Crippen molar-refractivity contribution in [3.8, 4) is 0 Å². The quantitative estimate of drug-likeness (QED) is 0.654. The third-order valence-electron chi connectivity index (χ3n) is 3.24. The molecule has 0 saturated heterocycles. The molecule has 3 heteroatoms. The van der Waals surface area contributed by atoms with Crippen molar-refractivity contribution in [3.05, 3.63) is 60.2 Å². The molecule has 2 nitrogen and oxygen atoms in total. The van der Waals surface area contributed by atoms with Crippen molar-refractivity contribution < 1.29 is 0 Å². The maximum absolute atomic E-state index is 6.31. The molecule has 0 fully saturated rings. The maximum atomic E-state index is 6.31. The van der Waals surface area contributed by atoms with E-state index < -0.39 is 0 Å². The lowest BCUT2D eigenvalue weighted by Crippen LogP contribution is -2.30. The molecule has 1 aromatic carbocycles. The minimum atomic E-state index is 0.283. The Bertz CT molecular complexity index is 407. The van der Waals surface area contributed by atoms with Crippen LogP contribution in [0.1, 0.15) is 24.9 Å². The lowest BCUT2D eigenvalue weighted by atomic mass is 10.0. The van der Waals surface area contributed by atoms with Crippen molar-refractivity contribution >= 4 is 11.6 Å². The monoisotopic (exact) mass is 292 g/mol. The highest BCUT2D eigenvalue weighted by Gasteiger charge is 2.14. The summed E-state index contributed by atoms with van der Waals surface area (Å²) in [6.45, 7) is 13.4. The zero-order valence-electron chi connectivity index (χ0n) is 12.3. The second-order valence-electron chi connectivity index (χ2n) is 4.76. The number of hydrogen-bond acceptors (Lipinski definition) is 2. The van der Waals surface area contributed by atoms with Crippen molar-refractivity contribution in [2.24, 2.45) is 0 Å². The molecule has 1 unspecified atom stereocenters. The van der Waals surface area contributed by atoms with Crippen LogP contribution in [0, 0.1) is 0 Å². The van der Waals surface area contributed by atoms with Gasteiger partial charge in [0.25, 0.3) is 0 Å². The van der Waals surface area contributed by atoms with Crippen molar-refractivity contribution in [1.29, 1.82) is 0 Å². The van der Waals surface area contributed by atoms with Gasteiger partial charge in [-0.25, -0.2) is 0 Å². The van der Waals surface area contributed by atoms with Gasteiger partial charge in [0.15, 0.2) is 0 Å². The summed E-state index contributed by atoms with van der Waals surface area (Å²) >= 11 is 6.31. The van der Waals surface area contributed by atoms with Crippen LogP contribution in [0.4, 0.5) is 0 Å². The first kappa shape index (κ1) is 17.0. The van der Waals surface area contributed by atoms with Crippen LogP contribution in [0.15, 0.2) is 49.6 Å². The van der Waals surface area contributed by atoms with Gasteiger partial charge >= 0.3 is 0 Å². The SMILES string of the molecule is C=CCN(CC=C)CCC(NCC)c1ccccc1Cl. The van der Waals surface area contributed by atoms with Crippen LogP contribution >= 0.6 is 11.6 Å². The van der Waals surface area contributed by atoms with Crippen molar-refractivity contribution in [3.63, 3.8) is 0 Å². The first-order chi connectivity index (χ1) is 9.72. The molecular weight excluding hydrogens is 268 g/mol. The van der Waals surface area contributed by atoms with Crippen LogP contribution in [0.25, 0.3) is 0 Å². The van der Waals surface area contributed by atoms with E-state index in [0.29, 0.717) is 0 Å². The zero-order valence-corrected chi connectivity index (χ0v) is 13.1. The summed E-state index contributed by atoms with van der Waals surface area (Å²) in [6, 6.07) is 8.34. The fourth-order valence-electron chi connectivity index (χ4n) is 2.31. The molecule has 1 atom stereocenters. The predicted octanol–water partition coefficient (Wildman–Crippen LogP) is 4.05. The third kappa shape index (κ3) is 5.49. The van der Waals surface area contributed by atoms with Gasteiger partial charge in [-0.2, -0.15) is 0 Å². The topological polar surface area (TPSA) is 15.3 Å². The molecule has 0 aromatic heterocycles. The Kier molecular flexibility index (Phi) is 8.28. The van der Waals surface area contributed by atoms with Crippen LogP contribution in [0.5, 0.6) is 0 Å². The fourth-order valence-corrected chi connectivity index (χ4v) is 2.57. The molecule has 0 aliphatic carbocycles. The zero-order chi connectivity index (χ0) is 14.8. The van der Waals surface area contributed by atoms with E-state index in [4.69, 9.17) is 11.6 Å². The van der Waals surface area contributed by atoms with E-state index in [2.05, 4.69) is 36.4 Å². The molecule has 1 aromatic rings. The molecule has 0 radical (unpaired) electrons. The fraction of sp³-hybridized carbons (Fsp3) is 0.412. The Labute approximate surface area is 128 Å². The summed E-state index contributed by atoms with van der Waals surface area (Å²) in [5.41, 5.74) is 1.17. The first-order valence-electron chi connectivity index (χ1n) is 7.14. The minimum Gasteiger partial charge on any atom is -0.310 e. The summed E-state index contributed by atoms with van der Waals surface area (Å²) in [5.74, 6) is 0. The average Bonchev–Trinajstić information content (AvgIpc) is 2.44. The highest BCUT2D eigenvalue weighted by atomic mass is 35.5. The third-order valence-corrected chi connectivity index (χ3v) is 3.58. The highest BCUT2D eigenvalue weighted by molar-refractivity contribution is 6.31. The molecule has 0 heterocycles. The number of benzene rings is 1. The molecule has 0 saturated carbocycles. The van der Waals surface area contributed by atoms with E-state index in [0.717, 1.165) is 37.6 Å². The van der Waals surface area contributed by atoms with Gasteiger partial charge in [0, 0.05) is 30.7 Å². The van der Waals surface area contributed by atoms with E-state index in [9.17, 15) is 0 Å². The summed E-state index contributed by atoms with van der Waals surface area (Å²) in [4.78, 5) is 2.32. The second-order valence-corrected chi connectivity index (χ2v) is 5.16. The number of nitrogens with zero attached hydrogens (tertiary/aromatic N) is 1. The van der Waals surface area contributed by atoms with Crippen LogP contribution in [-0.2, 0) is 0 Å². The molecular formula is C17H25ClN2. The molecule has 0 aliphatic rings. The first-order valence-corrected chi connectivity index (χ1v) is 7.52. The molecule has 0 spiro atoms. The molecule has 1 rings (SSSR count). The Balaban J connectivity index is 2.69. The molecule has 1 N–H and O–H groups in total. The van der Waals surface area contributed by atoms with Gasteiger partial charge in [0.2, 0.25) is 0 Å². The van der Waals surface area contributed by atoms with Gasteiger partial charge in [0.05, 0.1) is 0 Å². The van der Waals surface area contributed by atoms with Crippen LogP contribution in [0.3, 0.4) is 0 Å². The Morgan fingerprint density at radius 3 is 2.45 bits per heavy atom. The Hall–Kier alpha value is -1.09. The summed E-state index contributed by atoms with van der Waals surface area (Å²) < 4.78 is 0. The van der Waals surface area contributed by atoms with E-state index in [-0.39, 0.29) is 6.04 Å². The molecule has 0 amide bonds. The molecule has 0 aliphatic heterocycles. The predicted molar refractivity (Wildman–Crippen MR) is 89.3 cm³/mol. The number of rotatable bonds is 10. The average molecular weight is 293 g/mol. The number of nitrogens with one attached hydrogen (secondary N) is 1. The summed E-state index contributed by atoms with van der Waals surface area (Å²) in [6.07, 6.45) is 4.88. The molecule has 20 heavy (non-hydrogen) atoms. The minimum absolute atomic E-state index is 0.283. The van der Waals surface area contributed by atoms with Crippen LogP contribution in [-0.4, -0.2) is 31.1 Å². The number of halogens is 1. The largest absolute Gasteiger partial charge is 0.310 e. The molecule has 110 valence electrons. The van der Waals surface area contributed by atoms with Gasteiger partial charge in [-0.3, -0.25) is 4.90 Å². The Morgan fingerprint density at radius 2 is 1.90 bits per heavy atom. The lowest BCUT2D eigenvalue weighted by Gasteiger charge is -2.24. The van der Waals surface area contributed by atoms with Crippen LogP contribution < -0.4 is 5.32 Å². The normalized spacial score (nSPS) is 12.3. The van der Waals surface area contributed by atoms with Crippen LogP contribution in [0.2, 0.25) is 5.02 Å². The summed E-state index contributed by atoms with van der Waals surface area (Å²) in [5, 5.41) is 4.35. The van der Waals surface area contributed by atoms with Gasteiger partial charge in [0.1, 0.15) is 0 Å². The molecule has 0 bridgehead atoms. The van der Waals surface area contributed by atoms with E-state index in [1.54, 1.807) is 0 Å². The van der Waals surface area contributed by atoms with Crippen molar-refractivity contribution in [2.45, 2.75) is 19.4 Å². The Morgan fingerprint density at radius 1 is 1.25 bits per heavy atom. The number of hydrogen-bond donors (Lipinski definition) is 1. The van der Waals surface area contributed by atoms with Crippen molar-refractivity contribution in [2.75, 3.05) is 26.2 Å². The van der Waals surface area contributed by atoms with Gasteiger partial charge in [-0.05, 0) is 24.6 Å². The highest BCUT2D eigenvalue weighted by Crippen LogP contribution is 2.25. The maximum Gasteiger partial charge on any atom is 0.0453 e. The standard InChI is InChI=1S/C17H25ClN2/c1-4-12-20(13-5-2)14-11-17(19-6-3)15-9-7-8-10-16(15)18/h4-5,7-10,17,19H,1-2,6,11-14H2,3H3. The smallest absolute Gasteiger partial charge is 0.0453 e. The van der Waals surface area contributed by atoms with Gasteiger partial charge < -0.3 is 5.32 Å². The lowest BCUT2D eigenvalue weighted by molar-refractivity contribution is 0.308. The van der Waals surface area contributed by atoms with E-state index in [1.807, 2.05) is 30.4 Å². The van der Waals surface area contributed by atoms with E-state index in [1.165, 1.54) is 5.56 Å². The second kappa shape index (κ2) is 9.76. The summed E-state index contributed by atoms with van der Waals surface area (Å²) in [7, 11) is 0.